The SMILES string of the molecule is CCN(CCCCC(C)NC)c1ccccc1F. The van der Waals surface area contributed by atoms with Crippen molar-refractivity contribution >= 4 is 5.69 Å². The van der Waals surface area contributed by atoms with Gasteiger partial charge in [-0.05, 0) is 45.9 Å². The first-order valence-corrected chi connectivity index (χ1v) is 6.85. The van der Waals surface area contributed by atoms with Gasteiger partial charge in [-0.15, -0.1) is 0 Å². The summed E-state index contributed by atoms with van der Waals surface area (Å²) in [6, 6.07) is 7.58. The smallest absolute Gasteiger partial charge is 0.146 e. The summed E-state index contributed by atoms with van der Waals surface area (Å²) in [5.41, 5.74) is 0.724. The van der Waals surface area contributed by atoms with Gasteiger partial charge in [-0.25, -0.2) is 4.39 Å². The molecule has 0 bridgehead atoms. The summed E-state index contributed by atoms with van der Waals surface area (Å²) >= 11 is 0. The first kappa shape index (κ1) is 15.0. The average Bonchev–Trinajstić information content (AvgIpc) is 2.40. The minimum absolute atomic E-state index is 0.122. The summed E-state index contributed by atoms with van der Waals surface area (Å²) in [6.07, 6.45) is 3.45. The highest BCUT2D eigenvalue weighted by atomic mass is 19.1. The summed E-state index contributed by atoms with van der Waals surface area (Å²) < 4.78 is 13.7. The molecule has 0 heterocycles. The van der Waals surface area contributed by atoms with Crippen molar-refractivity contribution in [3.05, 3.63) is 30.1 Å². The van der Waals surface area contributed by atoms with Crippen LogP contribution in [0.3, 0.4) is 0 Å². The second kappa shape index (κ2) is 8.09. The minimum atomic E-state index is -0.122. The van der Waals surface area contributed by atoms with Gasteiger partial charge in [0.05, 0.1) is 5.69 Å². The summed E-state index contributed by atoms with van der Waals surface area (Å²) in [7, 11) is 1.99. The number of nitrogens with one attached hydrogen (secondary N) is 1. The Morgan fingerprint density at radius 3 is 2.61 bits per heavy atom. The molecule has 0 amide bonds. The van der Waals surface area contributed by atoms with Gasteiger partial charge >= 0.3 is 0 Å². The predicted octanol–water partition coefficient (Wildman–Crippen LogP) is 3.43. The summed E-state index contributed by atoms with van der Waals surface area (Å²) in [5, 5.41) is 3.23. The van der Waals surface area contributed by atoms with Crippen molar-refractivity contribution in [3.63, 3.8) is 0 Å². The zero-order chi connectivity index (χ0) is 13.4. The normalized spacial score (nSPS) is 12.4. The molecule has 1 aromatic rings. The van der Waals surface area contributed by atoms with Crippen molar-refractivity contribution in [1.29, 1.82) is 0 Å². The summed E-state index contributed by atoms with van der Waals surface area (Å²) in [6.45, 7) is 6.04. The maximum atomic E-state index is 13.7. The van der Waals surface area contributed by atoms with E-state index in [0.717, 1.165) is 25.2 Å². The van der Waals surface area contributed by atoms with E-state index in [1.807, 2.05) is 19.2 Å². The van der Waals surface area contributed by atoms with Gasteiger partial charge in [0.1, 0.15) is 5.82 Å². The number of anilines is 1. The lowest BCUT2D eigenvalue weighted by molar-refractivity contribution is 0.525. The Labute approximate surface area is 110 Å². The van der Waals surface area contributed by atoms with Crippen molar-refractivity contribution in [2.24, 2.45) is 0 Å². The number of para-hydroxylation sites is 1. The van der Waals surface area contributed by atoms with Crippen molar-refractivity contribution in [2.75, 3.05) is 25.0 Å². The number of nitrogens with zero attached hydrogens (tertiary/aromatic N) is 1. The molecular formula is C15H25FN2. The third kappa shape index (κ3) is 4.65. The van der Waals surface area contributed by atoms with E-state index in [1.54, 1.807) is 6.07 Å². The molecule has 0 fully saturated rings. The van der Waals surface area contributed by atoms with Crippen LogP contribution in [0.2, 0.25) is 0 Å². The summed E-state index contributed by atoms with van der Waals surface area (Å²) in [4.78, 5) is 2.11. The molecule has 18 heavy (non-hydrogen) atoms. The third-order valence-electron chi connectivity index (χ3n) is 3.38. The van der Waals surface area contributed by atoms with E-state index >= 15 is 0 Å². The zero-order valence-electron chi connectivity index (χ0n) is 11.7. The maximum Gasteiger partial charge on any atom is 0.146 e. The van der Waals surface area contributed by atoms with Gasteiger partial charge in [-0.1, -0.05) is 18.6 Å². The lowest BCUT2D eigenvalue weighted by atomic mass is 10.1. The van der Waals surface area contributed by atoms with E-state index in [2.05, 4.69) is 24.1 Å². The largest absolute Gasteiger partial charge is 0.369 e. The minimum Gasteiger partial charge on any atom is -0.369 e. The number of halogens is 1. The number of hydrogen-bond donors (Lipinski definition) is 1. The Morgan fingerprint density at radius 2 is 2.00 bits per heavy atom. The molecule has 0 aliphatic carbocycles. The van der Waals surface area contributed by atoms with E-state index in [1.165, 1.54) is 18.9 Å². The van der Waals surface area contributed by atoms with Gasteiger partial charge < -0.3 is 10.2 Å². The molecule has 0 spiro atoms. The van der Waals surface area contributed by atoms with Gasteiger partial charge in [0.15, 0.2) is 0 Å². The lowest BCUT2D eigenvalue weighted by Gasteiger charge is -2.23. The Kier molecular flexibility index (Phi) is 6.73. The van der Waals surface area contributed by atoms with Gasteiger partial charge in [-0.2, -0.15) is 0 Å². The van der Waals surface area contributed by atoms with Gasteiger partial charge in [0.25, 0.3) is 0 Å². The second-order valence-corrected chi connectivity index (χ2v) is 4.72. The Morgan fingerprint density at radius 1 is 1.28 bits per heavy atom. The maximum absolute atomic E-state index is 13.7. The van der Waals surface area contributed by atoms with Crippen molar-refractivity contribution in [3.8, 4) is 0 Å². The quantitative estimate of drug-likeness (QED) is 0.713. The standard InChI is InChI=1S/C15H25FN2/c1-4-18(12-8-7-9-13(2)17-3)15-11-6-5-10-14(15)16/h5-6,10-11,13,17H,4,7-9,12H2,1-3H3. The molecule has 1 unspecified atom stereocenters. The second-order valence-electron chi connectivity index (χ2n) is 4.72. The number of unbranched alkanes of at least 4 members (excludes halogenated alkanes) is 1. The molecular weight excluding hydrogens is 227 g/mol. The van der Waals surface area contributed by atoms with Crippen LogP contribution in [0.4, 0.5) is 10.1 Å². The average molecular weight is 252 g/mol. The van der Waals surface area contributed by atoms with E-state index in [-0.39, 0.29) is 5.82 Å². The molecule has 1 atom stereocenters. The Balaban J connectivity index is 2.41. The fourth-order valence-corrected chi connectivity index (χ4v) is 2.05. The molecule has 0 aliphatic rings. The first-order chi connectivity index (χ1) is 8.69. The molecule has 2 nitrogen and oxygen atoms in total. The highest BCUT2D eigenvalue weighted by Crippen LogP contribution is 2.19. The molecule has 1 aromatic carbocycles. The van der Waals surface area contributed by atoms with Gasteiger partial charge in [-0.3, -0.25) is 0 Å². The molecule has 0 aliphatic heterocycles. The van der Waals surface area contributed by atoms with Gasteiger partial charge in [0, 0.05) is 19.1 Å². The van der Waals surface area contributed by atoms with Crippen LogP contribution in [0.15, 0.2) is 24.3 Å². The van der Waals surface area contributed by atoms with Crippen LogP contribution >= 0.6 is 0 Å². The monoisotopic (exact) mass is 252 g/mol. The fourth-order valence-electron chi connectivity index (χ4n) is 2.05. The molecule has 0 saturated carbocycles. The van der Waals surface area contributed by atoms with Crippen molar-refractivity contribution in [2.45, 2.75) is 39.2 Å². The van der Waals surface area contributed by atoms with E-state index in [0.29, 0.717) is 6.04 Å². The van der Waals surface area contributed by atoms with E-state index in [4.69, 9.17) is 0 Å². The topological polar surface area (TPSA) is 15.3 Å². The Bertz CT molecular complexity index is 341. The predicted molar refractivity (Wildman–Crippen MR) is 76.7 cm³/mol. The lowest BCUT2D eigenvalue weighted by Crippen LogP contribution is -2.26. The molecule has 0 saturated heterocycles. The van der Waals surface area contributed by atoms with Crippen LogP contribution in [0.5, 0.6) is 0 Å². The highest BCUT2D eigenvalue weighted by Gasteiger charge is 2.08. The fraction of sp³-hybridized carbons (Fsp3) is 0.600. The van der Waals surface area contributed by atoms with E-state index in [9.17, 15) is 4.39 Å². The van der Waals surface area contributed by atoms with Crippen molar-refractivity contribution < 1.29 is 4.39 Å². The highest BCUT2D eigenvalue weighted by molar-refractivity contribution is 5.47. The van der Waals surface area contributed by atoms with Crippen LogP contribution in [0, 0.1) is 5.82 Å². The summed E-state index contributed by atoms with van der Waals surface area (Å²) in [5.74, 6) is -0.122. The number of rotatable bonds is 8. The van der Waals surface area contributed by atoms with Crippen LogP contribution < -0.4 is 10.2 Å². The zero-order valence-corrected chi connectivity index (χ0v) is 11.7. The third-order valence-corrected chi connectivity index (χ3v) is 3.38. The Hall–Kier alpha value is -1.09. The van der Waals surface area contributed by atoms with Crippen LogP contribution in [-0.4, -0.2) is 26.2 Å². The molecule has 102 valence electrons. The molecule has 1 N–H and O–H groups in total. The first-order valence-electron chi connectivity index (χ1n) is 6.85. The van der Waals surface area contributed by atoms with E-state index < -0.39 is 0 Å². The van der Waals surface area contributed by atoms with Gasteiger partial charge in [0.2, 0.25) is 0 Å². The molecule has 1 rings (SSSR count). The molecule has 0 radical (unpaired) electrons. The molecule has 3 heteroatoms. The van der Waals surface area contributed by atoms with Crippen LogP contribution in [0.1, 0.15) is 33.1 Å². The molecule has 0 aromatic heterocycles. The van der Waals surface area contributed by atoms with Crippen LogP contribution in [0.25, 0.3) is 0 Å². The van der Waals surface area contributed by atoms with Crippen molar-refractivity contribution in [1.82, 2.24) is 5.32 Å². The number of benzene rings is 1. The van der Waals surface area contributed by atoms with Crippen LogP contribution in [-0.2, 0) is 0 Å². The number of hydrogen-bond acceptors (Lipinski definition) is 2.